The van der Waals surface area contributed by atoms with Crippen molar-refractivity contribution in [1.82, 2.24) is 4.98 Å². The number of aromatic nitrogens is 1. The van der Waals surface area contributed by atoms with Gasteiger partial charge in [-0.2, -0.15) is 11.8 Å². The first-order chi connectivity index (χ1) is 7.40. The van der Waals surface area contributed by atoms with Crippen LogP contribution in [-0.4, -0.2) is 23.0 Å². The van der Waals surface area contributed by atoms with Gasteiger partial charge >= 0.3 is 0 Å². The second kappa shape index (κ2) is 5.87. The van der Waals surface area contributed by atoms with Crippen LogP contribution in [0, 0.1) is 0 Å². The minimum absolute atomic E-state index is 0.723. The molecule has 1 aliphatic heterocycles. The Bertz CT molecular complexity index is 293. The highest BCUT2D eigenvalue weighted by molar-refractivity contribution is 7.99. The van der Waals surface area contributed by atoms with E-state index in [1.54, 1.807) is 0 Å². The fourth-order valence-electron chi connectivity index (χ4n) is 1.84. The van der Waals surface area contributed by atoms with E-state index in [-0.39, 0.29) is 0 Å². The second-order valence-corrected chi connectivity index (χ2v) is 6.02. The fraction of sp³-hybridized carbons (Fsp3) is 0.727. The minimum atomic E-state index is 0.723. The molecular weight excluding hydrogens is 224 g/mol. The molecule has 2 rings (SSSR count). The zero-order chi connectivity index (χ0) is 10.5. The van der Waals surface area contributed by atoms with Crippen LogP contribution in [0.3, 0.4) is 0 Å². The molecule has 2 heterocycles. The van der Waals surface area contributed by atoms with Gasteiger partial charge in [0.25, 0.3) is 0 Å². The highest BCUT2D eigenvalue weighted by Crippen LogP contribution is 2.32. The first kappa shape index (κ1) is 11.4. The van der Waals surface area contributed by atoms with Gasteiger partial charge in [-0.25, -0.2) is 4.98 Å². The van der Waals surface area contributed by atoms with E-state index in [1.807, 2.05) is 11.3 Å². The van der Waals surface area contributed by atoms with E-state index in [0.717, 1.165) is 25.3 Å². The summed E-state index contributed by atoms with van der Waals surface area (Å²) in [6.45, 7) is 0.770. The zero-order valence-electron chi connectivity index (χ0n) is 8.95. The maximum Gasteiger partial charge on any atom is 0.0967 e. The quantitative estimate of drug-likeness (QED) is 0.882. The van der Waals surface area contributed by atoms with Gasteiger partial charge in [-0.05, 0) is 38.0 Å². The van der Waals surface area contributed by atoms with Gasteiger partial charge in [-0.1, -0.05) is 0 Å². The third-order valence-corrected chi connectivity index (χ3v) is 4.99. The molecule has 1 aliphatic rings. The molecule has 0 spiro atoms. The Labute approximate surface area is 99.7 Å². The van der Waals surface area contributed by atoms with Gasteiger partial charge in [-0.15, -0.1) is 11.3 Å². The summed E-state index contributed by atoms with van der Waals surface area (Å²) in [4.78, 5) is 4.72. The molecule has 2 nitrogen and oxygen atoms in total. The Morgan fingerprint density at radius 3 is 3.20 bits per heavy atom. The molecule has 2 N–H and O–H groups in total. The Hall–Kier alpha value is -0.0600. The standard InChI is InChI=1S/C11H18N2S2/c12-5-1-4-10-8-15-11(13-10)9-3-2-6-14-7-9/h8-9H,1-7,12H2. The highest BCUT2D eigenvalue weighted by Gasteiger charge is 2.18. The van der Waals surface area contributed by atoms with Crippen molar-refractivity contribution in [3.8, 4) is 0 Å². The van der Waals surface area contributed by atoms with Gasteiger partial charge in [0.15, 0.2) is 0 Å². The molecule has 1 aromatic rings. The predicted octanol–water partition coefficient (Wildman–Crippen LogP) is 2.65. The van der Waals surface area contributed by atoms with E-state index in [2.05, 4.69) is 17.1 Å². The van der Waals surface area contributed by atoms with Crippen LogP contribution in [0.15, 0.2) is 5.38 Å². The molecule has 1 unspecified atom stereocenters. The lowest BCUT2D eigenvalue weighted by atomic mass is 10.1. The Morgan fingerprint density at radius 1 is 1.53 bits per heavy atom. The smallest absolute Gasteiger partial charge is 0.0967 e. The lowest BCUT2D eigenvalue weighted by Crippen LogP contribution is -2.08. The van der Waals surface area contributed by atoms with E-state index in [9.17, 15) is 0 Å². The number of thiazole rings is 1. The maximum absolute atomic E-state index is 5.50. The molecule has 0 bridgehead atoms. The van der Waals surface area contributed by atoms with Gasteiger partial charge in [-0.3, -0.25) is 0 Å². The molecule has 0 aliphatic carbocycles. The number of rotatable bonds is 4. The monoisotopic (exact) mass is 242 g/mol. The fourth-order valence-corrected chi connectivity index (χ4v) is 4.09. The largest absolute Gasteiger partial charge is 0.330 e. The van der Waals surface area contributed by atoms with Crippen molar-refractivity contribution in [2.75, 3.05) is 18.1 Å². The molecule has 1 aromatic heterocycles. The van der Waals surface area contributed by atoms with Crippen molar-refractivity contribution in [1.29, 1.82) is 0 Å². The summed E-state index contributed by atoms with van der Waals surface area (Å²) in [6, 6.07) is 0. The minimum Gasteiger partial charge on any atom is -0.330 e. The average Bonchev–Trinajstić information content (AvgIpc) is 2.76. The number of thioether (sulfide) groups is 1. The SMILES string of the molecule is NCCCc1csc(C2CCCSC2)n1. The van der Waals surface area contributed by atoms with Gasteiger partial charge in [0.1, 0.15) is 0 Å². The Balaban J connectivity index is 1.93. The summed E-state index contributed by atoms with van der Waals surface area (Å²) >= 11 is 3.91. The van der Waals surface area contributed by atoms with Crippen LogP contribution in [0.25, 0.3) is 0 Å². The van der Waals surface area contributed by atoms with E-state index in [1.165, 1.54) is 35.0 Å². The summed E-state index contributed by atoms with van der Waals surface area (Å²) in [6.07, 6.45) is 4.79. The van der Waals surface area contributed by atoms with Crippen molar-refractivity contribution in [2.45, 2.75) is 31.6 Å². The molecule has 0 amide bonds. The zero-order valence-corrected chi connectivity index (χ0v) is 10.6. The molecule has 84 valence electrons. The first-order valence-electron chi connectivity index (χ1n) is 5.62. The van der Waals surface area contributed by atoms with Gasteiger partial charge in [0, 0.05) is 17.1 Å². The lowest BCUT2D eigenvalue weighted by Gasteiger charge is -2.18. The average molecular weight is 242 g/mol. The molecule has 1 fully saturated rings. The molecule has 1 atom stereocenters. The molecule has 0 aromatic carbocycles. The van der Waals surface area contributed by atoms with Crippen LogP contribution in [0.2, 0.25) is 0 Å². The second-order valence-electron chi connectivity index (χ2n) is 3.98. The van der Waals surface area contributed by atoms with E-state index in [0.29, 0.717) is 0 Å². The predicted molar refractivity (Wildman–Crippen MR) is 68.8 cm³/mol. The van der Waals surface area contributed by atoms with Crippen molar-refractivity contribution in [2.24, 2.45) is 5.73 Å². The molecule has 15 heavy (non-hydrogen) atoms. The number of aryl methyl sites for hydroxylation is 1. The summed E-state index contributed by atoms with van der Waals surface area (Å²) in [5.41, 5.74) is 6.74. The third-order valence-electron chi connectivity index (χ3n) is 2.72. The van der Waals surface area contributed by atoms with Crippen molar-refractivity contribution in [3.63, 3.8) is 0 Å². The van der Waals surface area contributed by atoms with Gasteiger partial charge < -0.3 is 5.73 Å². The number of hydrogen-bond donors (Lipinski definition) is 1. The summed E-state index contributed by atoms with van der Waals surface area (Å²) in [5.74, 6) is 3.33. The number of hydrogen-bond acceptors (Lipinski definition) is 4. The Kier molecular flexibility index (Phi) is 4.47. The van der Waals surface area contributed by atoms with Gasteiger partial charge in [0.2, 0.25) is 0 Å². The third kappa shape index (κ3) is 3.20. The molecule has 4 heteroatoms. The van der Waals surface area contributed by atoms with Crippen molar-refractivity contribution < 1.29 is 0 Å². The molecule has 0 saturated carbocycles. The number of nitrogens with two attached hydrogens (primary N) is 1. The molecule has 1 saturated heterocycles. The Morgan fingerprint density at radius 2 is 2.47 bits per heavy atom. The number of nitrogens with zero attached hydrogens (tertiary/aromatic N) is 1. The van der Waals surface area contributed by atoms with Crippen LogP contribution < -0.4 is 5.73 Å². The van der Waals surface area contributed by atoms with Crippen LogP contribution in [-0.2, 0) is 6.42 Å². The molecular formula is C11H18N2S2. The normalized spacial score (nSPS) is 21.8. The summed E-state index contributed by atoms with van der Waals surface area (Å²) in [7, 11) is 0. The van der Waals surface area contributed by atoms with Crippen LogP contribution >= 0.6 is 23.1 Å². The first-order valence-corrected chi connectivity index (χ1v) is 7.65. The molecule has 0 radical (unpaired) electrons. The van der Waals surface area contributed by atoms with Crippen LogP contribution in [0.5, 0.6) is 0 Å². The van der Waals surface area contributed by atoms with E-state index in [4.69, 9.17) is 10.7 Å². The summed E-state index contributed by atoms with van der Waals surface area (Å²) in [5, 5.41) is 3.57. The van der Waals surface area contributed by atoms with Crippen molar-refractivity contribution >= 4 is 23.1 Å². The van der Waals surface area contributed by atoms with Crippen LogP contribution in [0.4, 0.5) is 0 Å². The lowest BCUT2D eigenvalue weighted by molar-refractivity contribution is 0.652. The van der Waals surface area contributed by atoms with Crippen LogP contribution in [0.1, 0.15) is 35.9 Å². The topological polar surface area (TPSA) is 38.9 Å². The highest BCUT2D eigenvalue weighted by atomic mass is 32.2. The maximum atomic E-state index is 5.50. The van der Waals surface area contributed by atoms with E-state index >= 15 is 0 Å². The van der Waals surface area contributed by atoms with Crippen molar-refractivity contribution in [3.05, 3.63) is 16.1 Å². The van der Waals surface area contributed by atoms with Gasteiger partial charge in [0.05, 0.1) is 10.7 Å². The van der Waals surface area contributed by atoms with E-state index < -0.39 is 0 Å². The summed E-state index contributed by atoms with van der Waals surface area (Å²) < 4.78 is 0.